The summed E-state index contributed by atoms with van der Waals surface area (Å²) in [6, 6.07) is 3.91. The molecule has 1 amide bonds. The van der Waals surface area contributed by atoms with Crippen molar-refractivity contribution in [1.82, 2.24) is 10.2 Å². The van der Waals surface area contributed by atoms with Crippen molar-refractivity contribution in [2.24, 2.45) is 0 Å². The fraction of sp³-hybridized carbons (Fsp3) is 0.611. The van der Waals surface area contributed by atoms with Gasteiger partial charge in [-0.2, -0.15) is 0 Å². The van der Waals surface area contributed by atoms with Crippen LogP contribution in [0.2, 0.25) is 0 Å². The second kappa shape index (κ2) is 6.56. The van der Waals surface area contributed by atoms with E-state index in [2.05, 4.69) is 17.1 Å². The third-order valence-electron chi connectivity index (χ3n) is 5.10. The van der Waals surface area contributed by atoms with E-state index in [1.54, 1.807) is 0 Å². The standard InChI is InChI=1S/C18H24F2N2O/c1-13(22-8-2-3-9-22)4-5-17(23)21-18(6-7-18)14-10-15(19)12-16(20)11-14/h10-13H,2-9H2,1H3,(H,21,23)/t13-/m0/s1. The number of halogens is 2. The van der Waals surface area contributed by atoms with E-state index in [1.165, 1.54) is 25.0 Å². The van der Waals surface area contributed by atoms with Gasteiger partial charge in [-0.15, -0.1) is 0 Å². The van der Waals surface area contributed by atoms with E-state index in [-0.39, 0.29) is 5.91 Å². The Bertz CT molecular complexity index is 560. The molecule has 1 atom stereocenters. The first kappa shape index (κ1) is 16.4. The van der Waals surface area contributed by atoms with E-state index in [1.807, 2.05) is 0 Å². The third kappa shape index (κ3) is 3.89. The molecular weight excluding hydrogens is 298 g/mol. The maximum Gasteiger partial charge on any atom is 0.220 e. The number of hydrogen-bond donors (Lipinski definition) is 1. The minimum absolute atomic E-state index is 0.0294. The topological polar surface area (TPSA) is 32.3 Å². The number of hydrogen-bond acceptors (Lipinski definition) is 2. The van der Waals surface area contributed by atoms with Gasteiger partial charge in [0.15, 0.2) is 0 Å². The number of amides is 1. The highest BCUT2D eigenvalue weighted by atomic mass is 19.1. The Morgan fingerprint density at radius 2 is 1.83 bits per heavy atom. The van der Waals surface area contributed by atoms with Gasteiger partial charge in [0.2, 0.25) is 5.91 Å². The smallest absolute Gasteiger partial charge is 0.220 e. The van der Waals surface area contributed by atoms with Crippen LogP contribution in [0.15, 0.2) is 18.2 Å². The van der Waals surface area contributed by atoms with Gasteiger partial charge in [0, 0.05) is 18.5 Å². The van der Waals surface area contributed by atoms with Gasteiger partial charge in [-0.3, -0.25) is 4.79 Å². The minimum Gasteiger partial charge on any atom is -0.347 e. The van der Waals surface area contributed by atoms with E-state index in [9.17, 15) is 13.6 Å². The molecule has 1 saturated heterocycles. The van der Waals surface area contributed by atoms with E-state index in [0.717, 1.165) is 38.4 Å². The maximum absolute atomic E-state index is 13.4. The number of benzene rings is 1. The molecule has 0 bridgehead atoms. The largest absolute Gasteiger partial charge is 0.347 e. The van der Waals surface area contributed by atoms with Crippen LogP contribution in [-0.2, 0) is 10.3 Å². The lowest BCUT2D eigenvalue weighted by Crippen LogP contribution is -2.36. The van der Waals surface area contributed by atoms with Gasteiger partial charge in [0.25, 0.3) is 0 Å². The second-order valence-electron chi connectivity index (χ2n) is 6.92. The Balaban J connectivity index is 1.54. The second-order valence-corrected chi connectivity index (χ2v) is 6.92. The Kier molecular flexibility index (Phi) is 4.67. The van der Waals surface area contributed by atoms with Crippen LogP contribution in [0, 0.1) is 11.6 Å². The van der Waals surface area contributed by atoms with Crippen LogP contribution in [-0.4, -0.2) is 29.9 Å². The molecular formula is C18H24F2N2O. The van der Waals surface area contributed by atoms with E-state index < -0.39 is 17.2 Å². The molecule has 1 aliphatic heterocycles. The Hall–Kier alpha value is -1.49. The van der Waals surface area contributed by atoms with Crippen molar-refractivity contribution in [1.29, 1.82) is 0 Å². The first-order chi connectivity index (χ1) is 11.0. The zero-order chi connectivity index (χ0) is 16.4. The van der Waals surface area contributed by atoms with Crippen LogP contribution < -0.4 is 5.32 Å². The molecule has 126 valence electrons. The number of carbonyl (C=O) groups excluding carboxylic acids is 1. The summed E-state index contributed by atoms with van der Waals surface area (Å²) in [7, 11) is 0. The fourth-order valence-electron chi connectivity index (χ4n) is 3.48. The van der Waals surface area contributed by atoms with Crippen LogP contribution in [0.4, 0.5) is 8.78 Å². The average Bonchev–Trinajstić information content (AvgIpc) is 3.07. The van der Waals surface area contributed by atoms with Gasteiger partial charge in [-0.1, -0.05) is 0 Å². The molecule has 1 aromatic rings. The van der Waals surface area contributed by atoms with Gasteiger partial charge in [0.1, 0.15) is 11.6 Å². The van der Waals surface area contributed by atoms with Gasteiger partial charge in [-0.05, 0) is 69.8 Å². The molecule has 0 unspecified atom stereocenters. The van der Waals surface area contributed by atoms with E-state index >= 15 is 0 Å². The van der Waals surface area contributed by atoms with Crippen LogP contribution in [0.1, 0.15) is 51.0 Å². The number of rotatable bonds is 6. The predicted molar refractivity (Wildman–Crippen MR) is 84.9 cm³/mol. The molecule has 0 aromatic heterocycles. The highest BCUT2D eigenvalue weighted by molar-refractivity contribution is 5.77. The van der Waals surface area contributed by atoms with Crippen LogP contribution in [0.5, 0.6) is 0 Å². The van der Waals surface area contributed by atoms with Gasteiger partial charge >= 0.3 is 0 Å². The molecule has 2 aliphatic rings. The fourth-order valence-corrected chi connectivity index (χ4v) is 3.48. The summed E-state index contributed by atoms with van der Waals surface area (Å²) in [6.45, 7) is 4.40. The van der Waals surface area contributed by atoms with Crippen molar-refractivity contribution in [2.45, 2.75) is 57.0 Å². The highest BCUT2D eigenvalue weighted by Crippen LogP contribution is 2.46. The Morgan fingerprint density at radius 3 is 2.39 bits per heavy atom. The zero-order valence-electron chi connectivity index (χ0n) is 13.6. The van der Waals surface area contributed by atoms with Gasteiger partial charge in [0.05, 0.1) is 5.54 Å². The van der Waals surface area contributed by atoms with E-state index in [4.69, 9.17) is 0 Å². The van der Waals surface area contributed by atoms with Crippen molar-refractivity contribution in [3.63, 3.8) is 0 Å². The lowest BCUT2D eigenvalue weighted by Gasteiger charge is -2.24. The summed E-state index contributed by atoms with van der Waals surface area (Å²) in [5, 5.41) is 2.99. The monoisotopic (exact) mass is 322 g/mol. The van der Waals surface area contributed by atoms with Crippen molar-refractivity contribution in [3.8, 4) is 0 Å². The molecule has 2 fully saturated rings. The quantitative estimate of drug-likeness (QED) is 0.871. The number of carbonyl (C=O) groups is 1. The summed E-state index contributed by atoms with van der Waals surface area (Å²) < 4.78 is 26.8. The molecule has 1 N–H and O–H groups in total. The summed E-state index contributed by atoms with van der Waals surface area (Å²) in [5.74, 6) is -1.22. The molecule has 23 heavy (non-hydrogen) atoms. The van der Waals surface area contributed by atoms with Gasteiger partial charge in [-0.25, -0.2) is 8.78 Å². The van der Waals surface area contributed by atoms with Crippen LogP contribution in [0.3, 0.4) is 0 Å². The molecule has 1 aliphatic carbocycles. The molecule has 1 saturated carbocycles. The molecule has 3 nitrogen and oxygen atoms in total. The lowest BCUT2D eigenvalue weighted by molar-refractivity contribution is -0.122. The predicted octanol–water partition coefficient (Wildman–Crippen LogP) is 3.33. The Labute approximate surface area is 136 Å². The summed E-state index contributed by atoms with van der Waals surface area (Å²) in [6.07, 6.45) is 5.23. The van der Waals surface area contributed by atoms with Crippen molar-refractivity contribution < 1.29 is 13.6 Å². The van der Waals surface area contributed by atoms with Crippen LogP contribution >= 0.6 is 0 Å². The highest BCUT2D eigenvalue weighted by Gasteiger charge is 2.46. The summed E-state index contributed by atoms with van der Waals surface area (Å²) in [5.41, 5.74) is -0.0207. The van der Waals surface area contributed by atoms with Gasteiger partial charge < -0.3 is 10.2 Å². The number of nitrogens with zero attached hydrogens (tertiary/aromatic N) is 1. The maximum atomic E-state index is 13.4. The molecule has 1 heterocycles. The third-order valence-corrected chi connectivity index (χ3v) is 5.10. The SMILES string of the molecule is C[C@@H](CCC(=O)NC1(c2cc(F)cc(F)c2)CC1)N1CCCC1. The lowest BCUT2D eigenvalue weighted by atomic mass is 10.0. The zero-order valence-corrected chi connectivity index (χ0v) is 13.6. The normalized spacial score (nSPS) is 21.2. The first-order valence-electron chi connectivity index (χ1n) is 8.50. The summed E-state index contributed by atoms with van der Waals surface area (Å²) in [4.78, 5) is 14.7. The molecule has 0 radical (unpaired) electrons. The van der Waals surface area contributed by atoms with Crippen molar-refractivity contribution in [2.75, 3.05) is 13.1 Å². The van der Waals surface area contributed by atoms with E-state index in [0.29, 0.717) is 18.0 Å². The average molecular weight is 322 g/mol. The molecule has 1 aromatic carbocycles. The van der Waals surface area contributed by atoms with Crippen LogP contribution in [0.25, 0.3) is 0 Å². The molecule has 0 spiro atoms. The Morgan fingerprint density at radius 1 is 1.22 bits per heavy atom. The van der Waals surface area contributed by atoms with Crippen molar-refractivity contribution >= 4 is 5.91 Å². The summed E-state index contributed by atoms with van der Waals surface area (Å²) >= 11 is 0. The molecule has 5 heteroatoms. The molecule has 3 rings (SSSR count). The minimum atomic E-state index is -0.594. The number of nitrogens with one attached hydrogen (secondary N) is 1. The first-order valence-corrected chi connectivity index (χ1v) is 8.50. The van der Waals surface area contributed by atoms with Crippen molar-refractivity contribution in [3.05, 3.63) is 35.4 Å². The number of likely N-dealkylation sites (tertiary alicyclic amines) is 1.